The van der Waals surface area contributed by atoms with Crippen molar-refractivity contribution in [2.75, 3.05) is 4.90 Å². The van der Waals surface area contributed by atoms with E-state index in [1.807, 2.05) is 63.4 Å². The first-order valence-corrected chi connectivity index (χ1v) is 9.31. The van der Waals surface area contributed by atoms with Crippen LogP contribution in [0, 0.1) is 13.8 Å². The fourth-order valence-electron chi connectivity index (χ4n) is 3.54. The van der Waals surface area contributed by atoms with Crippen LogP contribution in [0.1, 0.15) is 16.8 Å². The number of rotatable bonds is 2. The predicted molar refractivity (Wildman–Crippen MR) is 115 cm³/mol. The first kappa shape index (κ1) is 18.1. The largest absolute Gasteiger partial charge is 0.347 e. The van der Waals surface area contributed by atoms with E-state index in [1.54, 1.807) is 12.1 Å². The lowest BCUT2D eigenvalue weighted by Crippen LogP contribution is -2.54. The Balaban J connectivity index is 1.86. The molecule has 1 aromatic heterocycles. The van der Waals surface area contributed by atoms with E-state index in [1.165, 1.54) is 4.90 Å². The van der Waals surface area contributed by atoms with Crippen LogP contribution in [0.4, 0.5) is 5.69 Å². The molecule has 3 aromatic rings. The SMILES string of the molecule is Cc1cccc(N2C(=O)/C(=C\c3c(C)n(C)c4ccccc34)C(=O)NC2=S)c1. The van der Waals surface area contributed by atoms with Gasteiger partial charge in [0.1, 0.15) is 5.57 Å². The average molecular weight is 389 g/mol. The molecule has 1 saturated heterocycles. The molecule has 4 rings (SSSR count). The number of amides is 2. The molecule has 0 saturated carbocycles. The second kappa shape index (κ2) is 6.73. The van der Waals surface area contributed by atoms with Gasteiger partial charge >= 0.3 is 0 Å². The zero-order chi connectivity index (χ0) is 20.0. The highest BCUT2D eigenvalue weighted by Crippen LogP contribution is 2.29. The van der Waals surface area contributed by atoms with Crippen LogP contribution in [-0.2, 0) is 16.6 Å². The number of benzene rings is 2. The minimum Gasteiger partial charge on any atom is -0.347 e. The number of nitrogens with zero attached hydrogens (tertiary/aromatic N) is 2. The first-order chi connectivity index (χ1) is 13.4. The molecule has 0 aliphatic carbocycles. The normalized spacial score (nSPS) is 16.2. The number of nitrogens with one attached hydrogen (secondary N) is 1. The average Bonchev–Trinajstić information content (AvgIpc) is 2.90. The number of hydrogen-bond acceptors (Lipinski definition) is 3. The van der Waals surface area contributed by atoms with Gasteiger partial charge in [0.05, 0.1) is 5.69 Å². The Labute approximate surface area is 168 Å². The third-order valence-corrected chi connectivity index (χ3v) is 5.38. The van der Waals surface area contributed by atoms with Crippen LogP contribution in [-0.4, -0.2) is 21.5 Å². The number of aryl methyl sites for hydroxylation is 2. The number of aromatic nitrogens is 1. The van der Waals surface area contributed by atoms with Crippen LogP contribution >= 0.6 is 12.2 Å². The summed E-state index contributed by atoms with van der Waals surface area (Å²) in [7, 11) is 1.97. The Morgan fingerprint density at radius 3 is 2.54 bits per heavy atom. The van der Waals surface area contributed by atoms with Gasteiger partial charge in [-0.05, 0) is 55.9 Å². The van der Waals surface area contributed by atoms with Crippen LogP contribution in [0.3, 0.4) is 0 Å². The van der Waals surface area contributed by atoms with Gasteiger partial charge in [-0.1, -0.05) is 30.3 Å². The van der Waals surface area contributed by atoms with E-state index in [9.17, 15) is 9.59 Å². The Bertz CT molecular complexity index is 1190. The molecule has 1 aliphatic heterocycles. The molecule has 1 fully saturated rings. The Morgan fingerprint density at radius 2 is 1.79 bits per heavy atom. The second-order valence-electron chi connectivity index (χ2n) is 6.87. The van der Waals surface area contributed by atoms with Crippen molar-refractivity contribution in [1.29, 1.82) is 0 Å². The summed E-state index contributed by atoms with van der Waals surface area (Å²) in [5, 5.41) is 3.73. The van der Waals surface area contributed by atoms with E-state index in [-0.39, 0.29) is 10.7 Å². The summed E-state index contributed by atoms with van der Waals surface area (Å²) >= 11 is 5.27. The fourth-order valence-corrected chi connectivity index (χ4v) is 3.82. The summed E-state index contributed by atoms with van der Waals surface area (Å²) < 4.78 is 2.05. The molecule has 2 aromatic carbocycles. The van der Waals surface area contributed by atoms with E-state index in [0.717, 1.165) is 27.7 Å². The lowest BCUT2D eigenvalue weighted by molar-refractivity contribution is -0.122. The number of thiocarbonyl (C=S) groups is 1. The molecule has 0 atom stereocenters. The molecule has 5 nitrogen and oxygen atoms in total. The smallest absolute Gasteiger partial charge is 0.270 e. The minimum absolute atomic E-state index is 0.0644. The van der Waals surface area contributed by atoms with Gasteiger partial charge in [0.15, 0.2) is 5.11 Å². The summed E-state index contributed by atoms with van der Waals surface area (Å²) in [5.41, 5.74) is 4.57. The molecule has 2 amide bonds. The van der Waals surface area contributed by atoms with Crippen molar-refractivity contribution in [3.63, 3.8) is 0 Å². The standard InChI is InChI=1S/C22H19N3O2S/c1-13-7-6-8-15(11-13)25-21(27)18(20(26)23-22(25)28)12-17-14(2)24(3)19-10-5-4-9-16(17)19/h4-12H,1-3H3,(H,23,26,28)/b18-12-. The van der Waals surface area contributed by atoms with Crippen molar-refractivity contribution in [2.24, 2.45) is 7.05 Å². The number of anilines is 1. The Morgan fingerprint density at radius 1 is 1.04 bits per heavy atom. The van der Waals surface area contributed by atoms with Crippen LogP contribution in [0.5, 0.6) is 0 Å². The van der Waals surface area contributed by atoms with Gasteiger partial charge in [-0.2, -0.15) is 0 Å². The number of carbonyl (C=O) groups excluding carboxylic acids is 2. The lowest BCUT2D eigenvalue weighted by Gasteiger charge is -2.29. The number of carbonyl (C=O) groups is 2. The summed E-state index contributed by atoms with van der Waals surface area (Å²) in [5.74, 6) is -0.905. The van der Waals surface area contributed by atoms with E-state index >= 15 is 0 Å². The van der Waals surface area contributed by atoms with Gasteiger partial charge in [0.2, 0.25) is 0 Å². The molecular weight excluding hydrogens is 370 g/mol. The van der Waals surface area contributed by atoms with Gasteiger partial charge in [-0.25, -0.2) is 0 Å². The van der Waals surface area contributed by atoms with E-state index in [4.69, 9.17) is 12.2 Å². The van der Waals surface area contributed by atoms with Gasteiger partial charge < -0.3 is 4.57 Å². The summed E-state index contributed by atoms with van der Waals surface area (Å²) in [6, 6.07) is 15.4. The molecule has 6 heteroatoms. The second-order valence-corrected chi connectivity index (χ2v) is 7.26. The summed E-state index contributed by atoms with van der Waals surface area (Å²) in [6.07, 6.45) is 1.67. The maximum absolute atomic E-state index is 13.2. The Kier molecular flexibility index (Phi) is 4.35. The van der Waals surface area contributed by atoms with Crippen molar-refractivity contribution in [1.82, 2.24) is 9.88 Å². The Hall–Kier alpha value is -3.25. The van der Waals surface area contributed by atoms with Crippen molar-refractivity contribution >= 4 is 51.8 Å². The number of hydrogen-bond donors (Lipinski definition) is 1. The quantitative estimate of drug-likeness (QED) is 0.414. The maximum atomic E-state index is 13.2. The molecular formula is C22H19N3O2S. The van der Waals surface area contributed by atoms with Crippen LogP contribution in [0.2, 0.25) is 0 Å². The van der Waals surface area contributed by atoms with Crippen molar-refractivity contribution in [3.8, 4) is 0 Å². The lowest BCUT2D eigenvalue weighted by atomic mass is 10.0. The predicted octanol–water partition coefficient (Wildman–Crippen LogP) is 3.63. The van der Waals surface area contributed by atoms with Gasteiger partial charge in [0.25, 0.3) is 11.8 Å². The maximum Gasteiger partial charge on any atom is 0.270 e. The van der Waals surface area contributed by atoms with Crippen LogP contribution in [0.25, 0.3) is 17.0 Å². The molecule has 28 heavy (non-hydrogen) atoms. The van der Waals surface area contributed by atoms with Crippen LogP contribution in [0.15, 0.2) is 54.1 Å². The molecule has 1 aliphatic rings. The zero-order valence-corrected chi connectivity index (χ0v) is 16.6. The minimum atomic E-state index is -0.480. The van der Waals surface area contributed by atoms with E-state index in [0.29, 0.717) is 5.69 Å². The highest BCUT2D eigenvalue weighted by atomic mass is 32.1. The van der Waals surface area contributed by atoms with Crippen molar-refractivity contribution in [2.45, 2.75) is 13.8 Å². The summed E-state index contributed by atoms with van der Waals surface area (Å²) in [4.78, 5) is 27.2. The van der Waals surface area contributed by atoms with Gasteiger partial charge in [0, 0.05) is 29.2 Å². The number of para-hydroxylation sites is 1. The molecule has 0 radical (unpaired) electrons. The molecule has 0 spiro atoms. The van der Waals surface area contributed by atoms with Crippen LogP contribution < -0.4 is 10.2 Å². The molecule has 140 valence electrons. The fraction of sp³-hybridized carbons (Fsp3) is 0.136. The third-order valence-electron chi connectivity index (χ3n) is 5.10. The molecule has 0 bridgehead atoms. The van der Waals surface area contributed by atoms with E-state index in [2.05, 4.69) is 9.88 Å². The zero-order valence-electron chi connectivity index (χ0n) is 15.8. The van der Waals surface area contributed by atoms with E-state index < -0.39 is 11.8 Å². The summed E-state index contributed by atoms with van der Waals surface area (Å²) in [6.45, 7) is 3.91. The highest BCUT2D eigenvalue weighted by molar-refractivity contribution is 7.80. The van der Waals surface area contributed by atoms with Gasteiger partial charge in [-0.3, -0.25) is 19.8 Å². The molecule has 2 heterocycles. The van der Waals surface area contributed by atoms with Crippen molar-refractivity contribution < 1.29 is 9.59 Å². The van der Waals surface area contributed by atoms with Gasteiger partial charge in [-0.15, -0.1) is 0 Å². The first-order valence-electron chi connectivity index (χ1n) is 8.90. The highest BCUT2D eigenvalue weighted by Gasteiger charge is 2.34. The topological polar surface area (TPSA) is 54.3 Å². The molecule has 0 unspecified atom stereocenters. The number of fused-ring (bicyclic) bond motifs is 1. The van der Waals surface area contributed by atoms with Crippen molar-refractivity contribution in [3.05, 3.63) is 70.9 Å². The third kappa shape index (κ3) is 2.82. The monoisotopic (exact) mass is 389 g/mol. The molecule has 1 N–H and O–H groups in total.